The van der Waals surface area contributed by atoms with Crippen molar-refractivity contribution in [2.45, 2.75) is 25.8 Å². The number of hydrogen-bond acceptors (Lipinski definition) is 4. The number of hydrogen-bond donors (Lipinski definition) is 3. The van der Waals surface area contributed by atoms with Crippen LogP contribution in [0.1, 0.15) is 24.8 Å². The van der Waals surface area contributed by atoms with E-state index in [1.54, 1.807) is 25.3 Å². The molecule has 1 aromatic rings. The molecule has 18 heavy (non-hydrogen) atoms. The molecule has 0 heterocycles. The van der Waals surface area contributed by atoms with Crippen molar-refractivity contribution < 1.29 is 14.6 Å². The highest BCUT2D eigenvalue weighted by atomic mass is 16.5. The van der Waals surface area contributed by atoms with Gasteiger partial charge in [-0.05, 0) is 37.6 Å². The Morgan fingerprint density at radius 1 is 1.44 bits per heavy atom. The molecule has 0 unspecified atom stereocenters. The molecular weight excluding hydrogens is 232 g/mol. The molecule has 0 fully saturated rings. The molecule has 5 nitrogen and oxygen atoms in total. The predicted molar refractivity (Wildman–Crippen MR) is 69.4 cm³/mol. The number of carbonyl (C=O) groups excluding carboxylic acids is 1. The molecule has 0 saturated heterocycles. The zero-order chi connectivity index (χ0) is 13.4. The maximum atomic E-state index is 10.5. The van der Waals surface area contributed by atoms with Gasteiger partial charge < -0.3 is 20.9 Å². The van der Waals surface area contributed by atoms with Gasteiger partial charge in [0.2, 0.25) is 5.91 Å². The summed E-state index contributed by atoms with van der Waals surface area (Å²) in [6.45, 7) is 1.35. The van der Waals surface area contributed by atoms with Crippen molar-refractivity contribution in [3.8, 4) is 11.5 Å². The summed E-state index contributed by atoms with van der Waals surface area (Å²) in [6, 6.07) is 5.13. The minimum Gasteiger partial charge on any atom is -0.508 e. The van der Waals surface area contributed by atoms with E-state index in [2.05, 4.69) is 5.32 Å². The number of ether oxygens (including phenoxy) is 1. The van der Waals surface area contributed by atoms with Crippen LogP contribution in [0, 0.1) is 0 Å². The van der Waals surface area contributed by atoms with Crippen LogP contribution < -0.4 is 15.8 Å². The molecule has 4 N–H and O–H groups in total. The topological polar surface area (TPSA) is 84.6 Å². The Kier molecular flexibility index (Phi) is 6.00. The summed E-state index contributed by atoms with van der Waals surface area (Å²) in [5.74, 6) is 0.708. The lowest BCUT2D eigenvalue weighted by atomic mass is 10.2. The second kappa shape index (κ2) is 7.55. The number of rotatable bonds is 8. The van der Waals surface area contributed by atoms with Crippen molar-refractivity contribution >= 4 is 5.91 Å². The highest BCUT2D eigenvalue weighted by Crippen LogP contribution is 2.22. The van der Waals surface area contributed by atoms with Crippen LogP contribution in [0.2, 0.25) is 0 Å². The number of primary amides is 1. The van der Waals surface area contributed by atoms with Gasteiger partial charge in [-0.2, -0.15) is 0 Å². The number of nitrogens with two attached hydrogens (primary N) is 1. The molecule has 0 radical (unpaired) electrons. The third-order valence-corrected chi connectivity index (χ3v) is 2.63. The molecular formula is C13H20N2O3. The van der Waals surface area contributed by atoms with Gasteiger partial charge >= 0.3 is 0 Å². The summed E-state index contributed by atoms with van der Waals surface area (Å²) in [4.78, 5) is 10.5. The summed E-state index contributed by atoms with van der Waals surface area (Å²) in [7, 11) is 1.59. The Morgan fingerprint density at radius 3 is 2.89 bits per heavy atom. The summed E-state index contributed by atoms with van der Waals surface area (Å²) >= 11 is 0. The lowest BCUT2D eigenvalue weighted by Crippen LogP contribution is -2.16. The minimum absolute atomic E-state index is 0.250. The molecule has 1 rings (SSSR count). The van der Waals surface area contributed by atoms with E-state index >= 15 is 0 Å². The third-order valence-electron chi connectivity index (χ3n) is 2.63. The first kappa shape index (κ1) is 14.3. The van der Waals surface area contributed by atoms with Crippen molar-refractivity contribution in [3.63, 3.8) is 0 Å². The highest BCUT2D eigenvalue weighted by molar-refractivity contribution is 5.73. The fraction of sp³-hybridized carbons (Fsp3) is 0.462. The molecule has 0 aromatic heterocycles. The number of phenolic OH excluding ortho intramolecular Hbond substituents is 1. The van der Waals surface area contributed by atoms with E-state index < -0.39 is 0 Å². The average molecular weight is 252 g/mol. The molecule has 0 atom stereocenters. The van der Waals surface area contributed by atoms with Gasteiger partial charge in [0.05, 0.1) is 7.11 Å². The summed E-state index contributed by atoms with van der Waals surface area (Å²) < 4.78 is 5.09. The predicted octanol–water partition coefficient (Wildman–Crippen LogP) is 1.15. The molecule has 100 valence electrons. The van der Waals surface area contributed by atoms with Gasteiger partial charge in [0.1, 0.15) is 11.5 Å². The average Bonchev–Trinajstić information content (AvgIpc) is 2.35. The van der Waals surface area contributed by atoms with Crippen molar-refractivity contribution in [1.29, 1.82) is 0 Å². The molecule has 0 bridgehead atoms. The maximum absolute atomic E-state index is 10.5. The van der Waals surface area contributed by atoms with Crippen molar-refractivity contribution in [2.75, 3.05) is 13.7 Å². The lowest BCUT2D eigenvalue weighted by Gasteiger charge is -2.08. The largest absolute Gasteiger partial charge is 0.508 e. The second-order valence-electron chi connectivity index (χ2n) is 4.09. The number of unbranched alkanes of at least 4 members (excludes halogenated alkanes) is 1. The van der Waals surface area contributed by atoms with Crippen molar-refractivity contribution in [1.82, 2.24) is 5.32 Å². The Balaban J connectivity index is 2.28. The van der Waals surface area contributed by atoms with Gasteiger partial charge in [-0.3, -0.25) is 4.79 Å². The molecule has 1 amide bonds. The van der Waals surface area contributed by atoms with Crippen LogP contribution in [0.15, 0.2) is 18.2 Å². The quantitative estimate of drug-likeness (QED) is 0.606. The van der Waals surface area contributed by atoms with Crippen LogP contribution >= 0.6 is 0 Å². The SMILES string of the molecule is COc1ccc(O)c(CNCCCCC(N)=O)c1. The first-order valence-electron chi connectivity index (χ1n) is 5.98. The molecule has 0 aliphatic carbocycles. The Bertz CT molecular complexity index is 394. The highest BCUT2D eigenvalue weighted by Gasteiger charge is 2.02. The zero-order valence-electron chi connectivity index (χ0n) is 10.6. The van der Waals surface area contributed by atoms with E-state index in [1.165, 1.54) is 0 Å². The molecule has 1 aromatic carbocycles. The second-order valence-corrected chi connectivity index (χ2v) is 4.09. The number of phenols is 1. The van der Waals surface area contributed by atoms with Gasteiger partial charge in [0, 0.05) is 18.5 Å². The number of nitrogens with one attached hydrogen (secondary N) is 1. The summed E-state index contributed by atoms with van der Waals surface area (Å²) in [6.07, 6.45) is 2.09. The molecule has 0 spiro atoms. The standard InChI is InChI=1S/C13H20N2O3/c1-18-11-5-6-12(16)10(8-11)9-15-7-3-2-4-13(14)17/h5-6,8,15-16H,2-4,7,9H2,1H3,(H2,14,17). The van der Waals surface area contributed by atoms with Crippen LogP contribution in [-0.4, -0.2) is 24.7 Å². The van der Waals surface area contributed by atoms with E-state index in [1.807, 2.05) is 0 Å². The van der Waals surface area contributed by atoms with Crippen LogP contribution in [0.25, 0.3) is 0 Å². The van der Waals surface area contributed by atoms with Crippen LogP contribution in [0.5, 0.6) is 11.5 Å². The van der Waals surface area contributed by atoms with E-state index in [4.69, 9.17) is 10.5 Å². The minimum atomic E-state index is -0.263. The van der Waals surface area contributed by atoms with E-state index in [0.717, 1.165) is 30.7 Å². The van der Waals surface area contributed by atoms with E-state index in [9.17, 15) is 9.90 Å². The van der Waals surface area contributed by atoms with E-state index in [-0.39, 0.29) is 11.7 Å². The van der Waals surface area contributed by atoms with Crippen LogP contribution in [0.3, 0.4) is 0 Å². The van der Waals surface area contributed by atoms with Gasteiger partial charge in [-0.1, -0.05) is 0 Å². The molecule has 0 saturated carbocycles. The number of amides is 1. The van der Waals surface area contributed by atoms with Gasteiger partial charge in [-0.15, -0.1) is 0 Å². The van der Waals surface area contributed by atoms with Crippen LogP contribution in [0.4, 0.5) is 0 Å². The Morgan fingerprint density at radius 2 is 2.22 bits per heavy atom. The third kappa shape index (κ3) is 5.05. The lowest BCUT2D eigenvalue weighted by molar-refractivity contribution is -0.118. The van der Waals surface area contributed by atoms with E-state index in [0.29, 0.717) is 13.0 Å². The molecule has 0 aliphatic rings. The van der Waals surface area contributed by atoms with Crippen LogP contribution in [-0.2, 0) is 11.3 Å². The first-order valence-corrected chi connectivity index (χ1v) is 5.98. The summed E-state index contributed by atoms with van der Waals surface area (Å²) in [5, 5.41) is 12.8. The number of aromatic hydroxyl groups is 1. The summed E-state index contributed by atoms with van der Waals surface area (Å²) in [5.41, 5.74) is 5.84. The normalized spacial score (nSPS) is 10.3. The number of benzene rings is 1. The Hall–Kier alpha value is -1.75. The number of carbonyl (C=O) groups is 1. The fourth-order valence-electron chi connectivity index (χ4n) is 1.60. The monoisotopic (exact) mass is 252 g/mol. The van der Waals surface area contributed by atoms with Gasteiger partial charge in [0.25, 0.3) is 0 Å². The Labute approximate surface area is 107 Å². The smallest absolute Gasteiger partial charge is 0.217 e. The van der Waals surface area contributed by atoms with Crippen molar-refractivity contribution in [3.05, 3.63) is 23.8 Å². The number of methoxy groups -OCH3 is 1. The molecule has 5 heteroatoms. The molecule has 0 aliphatic heterocycles. The first-order chi connectivity index (χ1) is 8.63. The fourth-order valence-corrected chi connectivity index (χ4v) is 1.60. The van der Waals surface area contributed by atoms with Gasteiger partial charge in [0.15, 0.2) is 0 Å². The maximum Gasteiger partial charge on any atom is 0.217 e. The van der Waals surface area contributed by atoms with Gasteiger partial charge in [-0.25, -0.2) is 0 Å². The zero-order valence-corrected chi connectivity index (χ0v) is 10.6. The van der Waals surface area contributed by atoms with Crippen molar-refractivity contribution in [2.24, 2.45) is 5.73 Å².